The van der Waals surface area contributed by atoms with E-state index in [9.17, 15) is 0 Å². The van der Waals surface area contributed by atoms with Gasteiger partial charge in [0.1, 0.15) is 11.2 Å². The number of thiophene rings is 2. The lowest BCUT2D eigenvalue weighted by molar-refractivity contribution is 0.633. The topological polar surface area (TPSA) is 36.1 Å². The summed E-state index contributed by atoms with van der Waals surface area (Å²) < 4.78 is 23.5. The second-order valence-electron chi connectivity index (χ2n) is 16.0. The molecule has 6 heteroatoms. The van der Waals surface area contributed by atoms with Crippen molar-refractivity contribution in [2.45, 2.75) is 0 Å². The number of hydrogen-bond acceptors (Lipinski definition) is 4. The Morgan fingerprint density at radius 3 is 1.22 bits per heavy atom. The lowest BCUT2D eigenvalue weighted by Crippen LogP contribution is -1.93. The molecule has 0 N–H and O–H groups in total. The fraction of sp³-hybridized carbons (Fsp3) is 0. The van der Waals surface area contributed by atoms with Crippen LogP contribution < -0.4 is 0 Å². The van der Waals surface area contributed by atoms with E-state index in [2.05, 4.69) is 179 Å². The number of nitrogens with zero attached hydrogens (tertiary/aromatic N) is 2. The zero-order valence-corrected chi connectivity index (χ0v) is 33.3. The molecular formula is C54H28N2O2S2. The van der Waals surface area contributed by atoms with Gasteiger partial charge in [0.2, 0.25) is 0 Å². The molecule has 15 rings (SSSR count). The molecule has 60 heavy (non-hydrogen) atoms. The Bertz CT molecular complexity index is 4090. The van der Waals surface area contributed by atoms with Gasteiger partial charge < -0.3 is 18.0 Å². The zero-order valence-electron chi connectivity index (χ0n) is 31.7. The van der Waals surface area contributed by atoms with Gasteiger partial charge in [-0.25, -0.2) is 0 Å². The molecule has 278 valence electrons. The quantitative estimate of drug-likeness (QED) is 0.175. The molecule has 0 unspecified atom stereocenters. The van der Waals surface area contributed by atoms with Gasteiger partial charge in [-0.2, -0.15) is 0 Å². The molecule has 0 saturated heterocycles. The fourth-order valence-electron chi connectivity index (χ4n) is 10.3. The summed E-state index contributed by atoms with van der Waals surface area (Å²) >= 11 is 3.77. The zero-order chi connectivity index (χ0) is 38.8. The molecule has 0 aliphatic rings. The summed E-state index contributed by atoms with van der Waals surface area (Å²) in [7, 11) is 0. The molecule has 0 aliphatic heterocycles. The molecule has 0 spiro atoms. The van der Waals surface area contributed by atoms with Gasteiger partial charge in [-0.1, -0.05) is 84.9 Å². The van der Waals surface area contributed by atoms with E-state index in [-0.39, 0.29) is 0 Å². The first-order valence-corrected chi connectivity index (χ1v) is 21.9. The second-order valence-corrected chi connectivity index (χ2v) is 18.1. The fourth-order valence-corrected chi connectivity index (χ4v) is 12.9. The average Bonchev–Trinajstić information content (AvgIpc) is 4.14. The third-order valence-electron chi connectivity index (χ3n) is 12.9. The molecule has 0 atom stereocenters. The van der Waals surface area contributed by atoms with Gasteiger partial charge in [-0.05, 0) is 84.9 Å². The number of para-hydroxylation sites is 2. The van der Waals surface area contributed by atoms with Crippen LogP contribution >= 0.6 is 22.7 Å². The number of aromatic nitrogens is 2. The van der Waals surface area contributed by atoms with Crippen molar-refractivity contribution < 1.29 is 8.83 Å². The minimum atomic E-state index is 0.774. The molecule has 0 saturated carbocycles. The van der Waals surface area contributed by atoms with Crippen LogP contribution in [-0.2, 0) is 0 Å². The van der Waals surface area contributed by atoms with Crippen molar-refractivity contribution in [3.63, 3.8) is 0 Å². The molecule has 9 aromatic carbocycles. The summed E-state index contributed by atoms with van der Waals surface area (Å²) in [5.41, 5.74) is 10.2. The molecule has 15 aromatic rings. The van der Waals surface area contributed by atoms with Crippen molar-refractivity contribution in [1.29, 1.82) is 0 Å². The Hall–Kier alpha value is -7.38. The maximum atomic E-state index is 6.71. The largest absolute Gasteiger partial charge is 0.452 e. The average molecular weight is 801 g/mol. The molecular weight excluding hydrogens is 773 g/mol. The summed E-state index contributed by atoms with van der Waals surface area (Å²) in [4.78, 5) is 0. The molecule has 6 aromatic heterocycles. The highest BCUT2D eigenvalue weighted by Gasteiger charge is 2.22. The van der Waals surface area contributed by atoms with E-state index in [1.807, 2.05) is 22.7 Å². The summed E-state index contributed by atoms with van der Waals surface area (Å²) in [6.45, 7) is 0. The van der Waals surface area contributed by atoms with Crippen LogP contribution in [0.5, 0.6) is 0 Å². The van der Waals surface area contributed by atoms with Crippen molar-refractivity contribution in [3.8, 4) is 11.4 Å². The Morgan fingerprint density at radius 1 is 0.317 bits per heavy atom. The highest BCUT2D eigenvalue weighted by Crippen LogP contribution is 2.46. The van der Waals surface area contributed by atoms with E-state index in [4.69, 9.17) is 8.83 Å². The van der Waals surface area contributed by atoms with Crippen LogP contribution in [0.4, 0.5) is 0 Å². The number of benzene rings is 9. The summed E-state index contributed by atoms with van der Waals surface area (Å²) in [5.74, 6) is 0. The van der Waals surface area contributed by atoms with E-state index < -0.39 is 0 Å². The summed E-state index contributed by atoms with van der Waals surface area (Å²) in [5, 5.41) is 14.6. The van der Waals surface area contributed by atoms with E-state index in [1.54, 1.807) is 0 Å². The standard InChI is InChI=1S/C54H28N2O2S2/c1-5-13-41-37(11-1)49-43(23-21-35-31-9-3-7-15-47(31)59-53(35)49)55(41)29-17-25-45-39(27-29)33-19-20-34-40-28-30(18-26-46(40)58-52(34)51(33)57-45)56-42-14-6-2-12-38(42)50-44(56)24-22-36-32-10-4-8-16-48(32)60-54(36)50/h1-28H. The van der Waals surface area contributed by atoms with Gasteiger partial charge in [-0.15, -0.1) is 22.7 Å². The SMILES string of the molecule is c1ccc2c(c1)sc1c2ccc2c1c1ccccc1n2-c1ccc2oc3c(ccc4c5cc(-n6c7ccccc7c7c8sc9ccccc9c8ccc76)ccc5oc43)c2c1. The van der Waals surface area contributed by atoms with Gasteiger partial charge in [0, 0.05) is 94.8 Å². The van der Waals surface area contributed by atoms with E-state index >= 15 is 0 Å². The number of fused-ring (bicyclic) bond motifs is 21. The van der Waals surface area contributed by atoms with Gasteiger partial charge >= 0.3 is 0 Å². The Morgan fingerprint density at radius 2 is 0.733 bits per heavy atom. The first kappa shape index (κ1) is 31.6. The van der Waals surface area contributed by atoms with Gasteiger partial charge in [0.15, 0.2) is 11.2 Å². The first-order valence-electron chi connectivity index (χ1n) is 20.2. The molecule has 0 radical (unpaired) electrons. The highest BCUT2D eigenvalue weighted by molar-refractivity contribution is 7.27. The van der Waals surface area contributed by atoms with Crippen molar-refractivity contribution in [3.05, 3.63) is 170 Å². The van der Waals surface area contributed by atoms with E-state index in [0.29, 0.717) is 0 Å². The smallest absolute Gasteiger partial charge is 0.178 e. The number of hydrogen-bond donors (Lipinski definition) is 0. The number of rotatable bonds is 2. The number of furan rings is 2. The minimum absolute atomic E-state index is 0.774. The van der Waals surface area contributed by atoms with Crippen molar-refractivity contribution in [2.24, 2.45) is 0 Å². The second kappa shape index (κ2) is 11.2. The maximum absolute atomic E-state index is 6.71. The molecule has 0 aliphatic carbocycles. The van der Waals surface area contributed by atoms with Crippen molar-refractivity contribution in [2.75, 3.05) is 0 Å². The van der Waals surface area contributed by atoms with Crippen LogP contribution in [0.3, 0.4) is 0 Å². The Balaban J connectivity index is 0.922. The Kier molecular flexibility index (Phi) is 5.90. The van der Waals surface area contributed by atoms with E-state index in [1.165, 1.54) is 84.0 Å². The molecule has 0 bridgehead atoms. The minimum Gasteiger partial charge on any atom is -0.452 e. The highest BCUT2D eigenvalue weighted by atomic mass is 32.1. The van der Waals surface area contributed by atoms with Crippen LogP contribution in [0, 0.1) is 0 Å². The molecule has 0 fully saturated rings. The lowest BCUT2D eigenvalue weighted by atomic mass is 10.1. The molecule has 6 heterocycles. The first-order chi connectivity index (χ1) is 29.7. The van der Waals surface area contributed by atoms with Crippen molar-refractivity contribution >= 4 is 151 Å². The predicted molar refractivity (Wildman–Crippen MR) is 255 cm³/mol. The normalized spacial score (nSPS) is 12.7. The van der Waals surface area contributed by atoms with Crippen LogP contribution in [0.15, 0.2) is 179 Å². The monoisotopic (exact) mass is 800 g/mol. The van der Waals surface area contributed by atoms with Gasteiger partial charge in [-0.3, -0.25) is 0 Å². The van der Waals surface area contributed by atoms with Crippen molar-refractivity contribution in [1.82, 2.24) is 9.13 Å². The molecule has 0 amide bonds. The predicted octanol–water partition coefficient (Wildman–Crippen LogP) is 16.4. The molecule has 4 nitrogen and oxygen atoms in total. The van der Waals surface area contributed by atoms with Crippen LogP contribution in [0.25, 0.3) is 139 Å². The summed E-state index contributed by atoms with van der Waals surface area (Å²) in [6, 6.07) is 61.8. The Labute approximate surface area is 347 Å². The third-order valence-corrected chi connectivity index (χ3v) is 15.3. The van der Waals surface area contributed by atoms with Gasteiger partial charge in [0.05, 0.1) is 22.1 Å². The lowest BCUT2D eigenvalue weighted by Gasteiger charge is -2.08. The van der Waals surface area contributed by atoms with Crippen LogP contribution in [0.1, 0.15) is 0 Å². The van der Waals surface area contributed by atoms with Crippen LogP contribution in [-0.4, -0.2) is 9.13 Å². The van der Waals surface area contributed by atoms with Gasteiger partial charge in [0.25, 0.3) is 0 Å². The third kappa shape index (κ3) is 3.95. The van der Waals surface area contributed by atoms with E-state index in [0.717, 1.165) is 55.3 Å². The van der Waals surface area contributed by atoms with Crippen LogP contribution in [0.2, 0.25) is 0 Å². The summed E-state index contributed by atoms with van der Waals surface area (Å²) in [6.07, 6.45) is 0. The maximum Gasteiger partial charge on any atom is 0.178 e.